The molecule has 0 heterocycles. The van der Waals surface area contributed by atoms with Crippen LogP contribution in [0, 0.1) is 0 Å². The van der Waals surface area contributed by atoms with E-state index >= 15 is 0 Å². The van der Waals surface area contributed by atoms with E-state index in [1.54, 1.807) is 0 Å². The molecule has 0 unspecified atom stereocenters. The molecule has 104 valence electrons. The van der Waals surface area contributed by atoms with Crippen LogP contribution in [0.3, 0.4) is 0 Å². The third-order valence-electron chi connectivity index (χ3n) is 2.68. The highest BCUT2D eigenvalue weighted by atomic mass is 16.3. The molecule has 0 aliphatic rings. The van der Waals surface area contributed by atoms with Gasteiger partial charge < -0.3 is 21.5 Å². The first-order valence-electron chi connectivity index (χ1n) is 6.11. The number of carbonyl (C=O) groups excluding carboxylic acids is 2. The topological polar surface area (TPSA) is 110 Å². The maximum Gasteiger partial charge on any atom is 0.256 e. The van der Waals surface area contributed by atoms with Crippen LogP contribution in [0.4, 0.5) is 5.69 Å². The monoisotopic (exact) mass is 265 g/mol. The average molecular weight is 265 g/mol. The molecule has 0 saturated carbocycles. The molecule has 1 aromatic carbocycles. The standard InChI is InChI=1S/C13H19N3O3/c1-2-3-6-16(8-12(15)18)13(19)10-7-9(17)4-5-11(10)14/h4-5,7,17H,2-3,6,8,14H2,1H3,(H2,15,18). The minimum Gasteiger partial charge on any atom is -0.508 e. The van der Waals surface area contributed by atoms with Crippen LogP contribution in [0.25, 0.3) is 0 Å². The van der Waals surface area contributed by atoms with Gasteiger partial charge >= 0.3 is 0 Å². The van der Waals surface area contributed by atoms with Gasteiger partial charge in [-0.05, 0) is 24.6 Å². The number of phenols is 1. The van der Waals surface area contributed by atoms with Crippen LogP contribution in [0.15, 0.2) is 18.2 Å². The number of primary amides is 1. The van der Waals surface area contributed by atoms with Gasteiger partial charge in [0.05, 0.1) is 12.1 Å². The number of rotatable bonds is 6. The molecule has 0 radical (unpaired) electrons. The molecule has 0 bridgehead atoms. The number of nitrogen functional groups attached to an aromatic ring is 1. The second-order valence-electron chi connectivity index (χ2n) is 4.32. The third-order valence-corrected chi connectivity index (χ3v) is 2.68. The van der Waals surface area contributed by atoms with Crippen LogP contribution < -0.4 is 11.5 Å². The molecule has 5 N–H and O–H groups in total. The van der Waals surface area contributed by atoms with E-state index < -0.39 is 11.8 Å². The molecule has 0 atom stereocenters. The summed E-state index contributed by atoms with van der Waals surface area (Å²) in [7, 11) is 0. The maximum absolute atomic E-state index is 12.3. The number of aromatic hydroxyl groups is 1. The van der Waals surface area contributed by atoms with Gasteiger partial charge in [0.25, 0.3) is 5.91 Å². The normalized spacial score (nSPS) is 10.2. The Morgan fingerprint density at radius 2 is 2.05 bits per heavy atom. The lowest BCUT2D eigenvalue weighted by molar-refractivity contribution is -0.118. The van der Waals surface area contributed by atoms with Crippen molar-refractivity contribution in [1.29, 1.82) is 0 Å². The van der Waals surface area contributed by atoms with Gasteiger partial charge in [0, 0.05) is 12.2 Å². The third kappa shape index (κ3) is 4.17. The van der Waals surface area contributed by atoms with Crippen LogP contribution in [-0.2, 0) is 4.79 Å². The number of benzene rings is 1. The smallest absolute Gasteiger partial charge is 0.256 e. The van der Waals surface area contributed by atoms with E-state index in [-0.39, 0.29) is 23.5 Å². The van der Waals surface area contributed by atoms with E-state index in [1.807, 2.05) is 6.92 Å². The number of anilines is 1. The first-order valence-corrected chi connectivity index (χ1v) is 6.11. The molecule has 6 nitrogen and oxygen atoms in total. The quantitative estimate of drug-likeness (QED) is 0.519. The SMILES string of the molecule is CCCCN(CC(N)=O)C(=O)c1cc(O)ccc1N. The molecule has 0 aliphatic carbocycles. The Balaban J connectivity index is 2.97. The molecule has 0 aliphatic heterocycles. The summed E-state index contributed by atoms with van der Waals surface area (Å²) in [5, 5.41) is 9.41. The van der Waals surface area contributed by atoms with Crippen molar-refractivity contribution in [1.82, 2.24) is 4.90 Å². The van der Waals surface area contributed by atoms with Crippen molar-refractivity contribution in [2.75, 3.05) is 18.8 Å². The fraction of sp³-hybridized carbons (Fsp3) is 0.385. The highest BCUT2D eigenvalue weighted by Gasteiger charge is 2.19. The van der Waals surface area contributed by atoms with Crippen LogP contribution >= 0.6 is 0 Å². The second kappa shape index (κ2) is 6.63. The van der Waals surface area contributed by atoms with Gasteiger partial charge in [0.15, 0.2) is 0 Å². The number of carbonyl (C=O) groups is 2. The van der Waals surface area contributed by atoms with Gasteiger partial charge in [-0.2, -0.15) is 0 Å². The summed E-state index contributed by atoms with van der Waals surface area (Å²) < 4.78 is 0. The Hall–Kier alpha value is -2.24. The molecule has 0 spiro atoms. The van der Waals surface area contributed by atoms with E-state index in [9.17, 15) is 14.7 Å². The molecule has 0 saturated heterocycles. The van der Waals surface area contributed by atoms with Crippen molar-refractivity contribution in [3.63, 3.8) is 0 Å². The molecule has 0 fully saturated rings. The largest absolute Gasteiger partial charge is 0.508 e. The van der Waals surface area contributed by atoms with Crippen molar-refractivity contribution in [2.45, 2.75) is 19.8 Å². The Morgan fingerprint density at radius 1 is 1.37 bits per heavy atom. The maximum atomic E-state index is 12.3. The highest BCUT2D eigenvalue weighted by molar-refractivity contribution is 6.01. The van der Waals surface area contributed by atoms with Crippen LogP contribution in [0.2, 0.25) is 0 Å². The van der Waals surface area contributed by atoms with E-state index in [0.29, 0.717) is 6.54 Å². The highest BCUT2D eigenvalue weighted by Crippen LogP contribution is 2.20. The molecular weight excluding hydrogens is 246 g/mol. The molecule has 1 aromatic rings. The Bertz CT molecular complexity index is 474. The minimum atomic E-state index is -0.580. The Morgan fingerprint density at radius 3 is 2.63 bits per heavy atom. The van der Waals surface area contributed by atoms with Crippen LogP contribution in [-0.4, -0.2) is 34.9 Å². The number of hydrogen-bond donors (Lipinski definition) is 3. The zero-order valence-corrected chi connectivity index (χ0v) is 10.9. The van der Waals surface area contributed by atoms with Gasteiger partial charge in [-0.15, -0.1) is 0 Å². The summed E-state index contributed by atoms with van der Waals surface area (Å²) in [5.74, 6) is -1.03. The van der Waals surface area contributed by atoms with Crippen molar-refractivity contribution in [3.05, 3.63) is 23.8 Å². The van der Waals surface area contributed by atoms with Gasteiger partial charge in [0.1, 0.15) is 5.75 Å². The van der Waals surface area contributed by atoms with Crippen molar-refractivity contribution in [3.8, 4) is 5.75 Å². The predicted molar refractivity (Wildman–Crippen MR) is 72.5 cm³/mol. The first-order chi connectivity index (χ1) is 8.95. The van der Waals surface area contributed by atoms with Gasteiger partial charge in [-0.3, -0.25) is 9.59 Å². The van der Waals surface area contributed by atoms with Crippen LogP contribution in [0.5, 0.6) is 5.75 Å². The molecule has 6 heteroatoms. The summed E-state index contributed by atoms with van der Waals surface area (Å²) in [6, 6.07) is 4.14. The Kier molecular flexibility index (Phi) is 5.17. The van der Waals surface area contributed by atoms with E-state index in [0.717, 1.165) is 12.8 Å². The molecule has 2 amide bonds. The lowest BCUT2D eigenvalue weighted by Gasteiger charge is -2.21. The van der Waals surface area contributed by atoms with E-state index in [2.05, 4.69) is 0 Å². The van der Waals surface area contributed by atoms with Crippen molar-refractivity contribution >= 4 is 17.5 Å². The van der Waals surface area contributed by atoms with E-state index in [1.165, 1.54) is 23.1 Å². The first kappa shape index (κ1) is 14.8. The lowest BCUT2D eigenvalue weighted by Crippen LogP contribution is -2.39. The van der Waals surface area contributed by atoms with Crippen LogP contribution in [0.1, 0.15) is 30.1 Å². The average Bonchev–Trinajstić information content (AvgIpc) is 2.36. The second-order valence-corrected chi connectivity index (χ2v) is 4.32. The minimum absolute atomic E-state index is 0.0490. The van der Waals surface area contributed by atoms with Gasteiger partial charge in [-0.25, -0.2) is 0 Å². The van der Waals surface area contributed by atoms with E-state index in [4.69, 9.17) is 11.5 Å². The molecular formula is C13H19N3O3. The summed E-state index contributed by atoms with van der Waals surface area (Å²) in [6.07, 6.45) is 1.65. The fourth-order valence-corrected chi connectivity index (χ4v) is 1.69. The zero-order chi connectivity index (χ0) is 14.4. The summed E-state index contributed by atoms with van der Waals surface area (Å²) in [4.78, 5) is 24.6. The summed E-state index contributed by atoms with van der Waals surface area (Å²) in [5.41, 5.74) is 11.3. The number of phenolic OH excluding ortho intramolecular Hbond substituents is 1. The predicted octanol–water partition coefficient (Wildman–Crippen LogP) is 0.702. The zero-order valence-electron chi connectivity index (χ0n) is 10.9. The molecule has 1 rings (SSSR count). The number of amides is 2. The summed E-state index contributed by atoms with van der Waals surface area (Å²) in [6.45, 7) is 2.25. The number of hydrogen-bond acceptors (Lipinski definition) is 4. The Labute approximate surface area is 112 Å². The number of nitrogens with zero attached hydrogens (tertiary/aromatic N) is 1. The lowest BCUT2D eigenvalue weighted by atomic mass is 10.1. The molecule has 19 heavy (non-hydrogen) atoms. The van der Waals surface area contributed by atoms with Gasteiger partial charge in [-0.1, -0.05) is 13.3 Å². The van der Waals surface area contributed by atoms with Crippen molar-refractivity contribution < 1.29 is 14.7 Å². The van der Waals surface area contributed by atoms with Gasteiger partial charge in [0.2, 0.25) is 5.91 Å². The molecule has 0 aromatic heterocycles. The summed E-state index contributed by atoms with van der Waals surface area (Å²) >= 11 is 0. The number of nitrogens with two attached hydrogens (primary N) is 2. The number of unbranched alkanes of at least 4 members (excludes halogenated alkanes) is 1. The fourth-order valence-electron chi connectivity index (χ4n) is 1.69. The van der Waals surface area contributed by atoms with Crippen molar-refractivity contribution in [2.24, 2.45) is 5.73 Å².